The third-order valence-corrected chi connectivity index (χ3v) is 4.29. The van der Waals surface area contributed by atoms with Crippen LogP contribution in [0.15, 0.2) is 0 Å². The molecule has 0 aromatic rings. The van der Waals surface area contributed by atoms with E-state index in [2.05, 4.69) is 41.7 Å². The number of rotatable bonds is 14. The minimum absolute atomic E-state index is 0.107. The van der Waals surface area contributed by atoms with E-state index in [0.717, 1.165) is 36.6 Å². The fourth-order valence-electron chi connectivity index (χ4n) is 1.99. The lowest BCUT2D eigenvalue weighted by molar-refractivity contribution is 0.227. The number of hydrogen-bond acceptors (Lipinski definition) is 4. The van der Waals surface area contributed by atoms with Crippen LogP contribution in [0.1, 0.15) is 59.3 Å². The highest BCUT2D eigenvalue weighted by atomic mass is 28.2. The second-order valence-corrected chi connectivity index (χ2v) is 5.75. The van der Waals surface area contributed by atoms with E-state index in [9.17, 15) is 0 Å². The number of hydrogen-bond donors (Lipinski definition) is 4. The summed E-state index contributed by atoms with van der Waals surface area (Å²) in [6.07, 6.45) is 7.44. The second kappa shape index (κ2) is 13.1. The average Bonchev–Trinajstić information content (AvgIpc) is 2.43. The highest BCUT2D eigenvalue weighted by Gasteiger charge is 2.25. The predicted molar refractivity (Wildman–Crippen MR) is 89.4 cm³/mol. The first-order valence-electron chi connectivity index (χ1n) is 8.14. The molecule has 0 heterocycles. The molecule has 0 rings (SSSR count). The van der Waals surface area contributed by atoms with Gasteiger partial charge in [-0.05, 0) is 38.9 Å². The fraction of sp³-hybridized carbons (Fsp3) is 1.00. The van der Waals surface area contributed by atoms with Crippen molar-refractivity contribution in [3.63, 3.8) is 0 Å². The molecule has 0 aliphatic heterocycles. The Kier molecular flexibility index (Phi) is 13.1. The number of unbranched alkanes of at least 4 members (excludes halogenated alkanes) is 3. The summed E-state index contributed by atoms with van der Waals surface area (Å²) in [7, 11) is 0.987. The minimum atomic E-state index is -0.107. The summed E-state index contributed by atoms with van der Waals surface area (Å²) in [5.74, 6) is -0.107. The van der Waals surface area contributed by atoms with Gasteiger partial charge in [-0.1, -0.05) is 40.0 Å². The van der Waals surface area contributed by atoms with Crippen molar-refractivity contribution >= 4 is 10.4 Å². The van der Waals surface area contributed by atoms with Crippen LogP contribution in [0.5, 0.6) is 0 Å². The van der Waals surface area contributed by atoms with E-state index < -0.39 is 0 Å². The minimum Gasteiger partial charge on any atom is -0.316 e. The molecule has 0 saturated carbocycles. The molecule has 116 valence electrons. The van der Waals surface area contributed by atoms with Crippen LogP contribution in [-0.2, 0) is 0 Å². The van der Waals surface area contributed by atoms with Crippen LogP contribution >= 0.6 is 0 Å². The Morgan fingerprint density at radius 3 is 1.68 bits per heavy atom. The van der Waals surface area contributed by atoms with Crippen LogP contribution in [0.4, 0.5) is 0 Å². The van der Waals surface area contributed by atoms with Gasteiger partial charge in [0.25, 0.3) is 0 Å². The van der Waals surface area contributed by atoms with Crippen LogP contribution in [0.3, 0.4) is 0 Å². The number of nitrogens with one attached hydrogen (secondary N) is 4. The molecule has 0 radical (unpaired) electrons. The molecule has 0 bridgehead atoms. The molecule has 0 aliphatic rings. The molecular weight excluding hydrogens is 252 g/mol. The Morgan fingerprint density at radius 1 is 0.789 bits per heavy atom. The third kappa shape index (κ3) is 9.57. The Hall–Kier alpha value is 0.0569. The maximum atomic E-state index is 3.67. The van der Waals surface area contributed by atoms with Gasteiger partial charge in [0.1, 0.15) is 5.79 Å². The Balaban J connectivity index is 4.20. The van der Waals surface area contributed by atoms with Gasteiger partial charge < -0.3 is 10.3 Å². The zero-order valence-corrected chi connectivity index (χ0v) is 15.6. The molecule has 0 unspecified atom stereocenters. The molecule has 0 aliphatic carbocycles. The molecule has 0 saturated heterocycles. The molecule has 19 heavy (non-hydrogen) atoms. The van der Waals surface area contributed by atoms with Crippen molar-refractivity contribution in [2.24, 2.45) is 0 Å². The van der Waals surface area contributed by atoms with Gasteiger partial charge in [0.15, 0.2) is 0 Å². The van der Waals surface area contributed by atoms with E-state index in [1.807, 2.05) is 0 Å². The SMILES string of the molecule is CCCCNCC(N[SiH3])(NCCCC)NCCCC. The normalized spacial score (nSPS) is 12.2. The van der Waals surface area contributed by atoms with E-state index in [-0.39, 0.29) is 5.79 Å². The highest BCUT2D eigenvalue weighted by Crippen LogP contribution is 1.97. The summed E-state index contributed by atoms with van der Waals surface area (Å²) in [5.41, 5.74) is 0. The molecule has 4 N–H and O–H groups in total. The largest absolute Gasteiger partial charge is 0.316 e. The van der Waals surface area contributed by atoms with Crippen molar-refractivity contribution < 1.29 is 0 Å². The van der Waals surface area contributed by atoms with Gasteiger partial charge in [-0.25, -0.2) is 0 Å². The average molecular weight is 289 g/mol. The summed E-state index contributed by atoms with van der Waals surface area (Å²) in [6.45, 7) is 10.9. The smallest absolute Gasteiger partial charge is 0.129 e. The first kappa shape index (κ1) is 19.1. The van der Waals surface area contributed by atoms with Gasteiger partial charge in [0.05, 0.1) is 10.4 Å². The van der Waals surface area contributed by atoms with Crippen LogP contribution < -0.4 is 20.9 Å². The molecule has 0 spiro atoms. The van der Waals surface area contributed by atoms with E-state index in [1.54, 1.807) is 0 Å². The van der Waals surface area contributed by atoms with E-state index in [0.29, 0.717) is 0 Å². The monoisotopic (exact) mass is 288 g/mol. The van der Waals surface area contributed by atoms with Crippen molar-refractivity contribution in [1.82, 2.24) is 20.9 Å². The zero-order chi connectivity index (χ0) is 14.4. The van der Waals surface area contributed by atoms with Gasteiger partial charge in [-0.3, -0.25) is 10.6 Å². The van der Waals surface area contributed by atoms with Crippen molar-refractivity contribution in [3.8, 4) is 0 Å². The third-order valence-electron chi connectivity index (χ3n) is 3.44. The standard InChI is InChI=1S/C14H36N4Si/c1-4-7-10-15-13-14(18-19,16-11-8-5-2)17-12-9-6-3/h15-18H,4-13H2,1-3,19H3. The Labute approximate surface area is 123 Å². The van der Waals surface area contributed by atoms with Crippen molar-refractivity contribution in [3.05, 3.63) is 0 Å². The zero-order valence-electron chi connectivity index (χ0n) is 13.6. The predicted octanol–water partition coefficient (Wildman–Crippen LogP) is 0.679. The van der Waals surface area contributed by atoms with Gasteiger partial charge in [0.2, 0.25) is 0 Å². The van der Waals surface area contributed by atoms with E-state index >= 15 is 0 Å². The molecular formula is C14H36N4Si. The molecule has 5 heteroatoms. The molecule has 0 fully saturated rings. The van der Waals surface area contributed by atoms with E-state index in [4.69, 9.17) is 0 Å². The fourth-order valence-corrected chi connectivity index (χ4v) is 2.52. The molecule has 0 aromatic carbocycles. The van der Waals surface area contributed by atoms with Crippen LogP contribution in [0.25, 0.3) is 0 Å². The first-order chi connectivity index (χ1) is 9.24. The lowest BCUT2D eigenvalue weighted by Gasteiger charge is -2.36. The van der Waals surface area contributed by atoms with Crippen molar-refractivity contribution in [2.45, 2.75) is 65.1 Å². The maximum absolute atomic E-state index is 3.67. The lowest BCUT2D eigenvalue weighted by atomic mass is 10.2. The summed E-state index contributed by atoms with van der Waals surface area (Å²) >= 11 is 0. The van der Waals surface area contributed by atoms with Gasteiger partial charge >= 0.3 is 0 Å². The van der Waals surface area contributed by atoms with Gasteiger partial charge in [-0.2, -0.15) is 0 Å². The maximum Gasteiger partial charge on any atom is 0.129 e. The van der Waals surface area contributed by atoms with Crippen LogP contribution in [0, 0.1) is 0 Å². The van der Waals surface area contributed by atoms with E-state index in [1.165, 1.54) is 38.5 Å². The first-order valence-corrected chi connectivity index (χ1v) is 9.14. The van der Waals surface area contributed by atoms with Crippen molar-refractivity contribution in [1.29, 1.82) is 0 Å². The second-order valence-electron chi connectivity index (χ2n) is 5.25. The topological polar surface area (TPSA) is 48.1 Å². The Morgan fingerprint density at radius 2 is 1.26 bits per heavy atom. The quantitative estimate of drug-likeness (QED) is 0.216. The Bertz CT molecular complexity index is 180. The van der Waals surface area contributed by atoms with Gasteiger partial charge in [-0.15, -0.1) is 0 Å². The van der Waals surface area contributed by atoms with Crippen LogP contribution in [0.2, 0.25) is 0 Å². The summed E-state index contributed by atoms with van der Waals surface area (Å²) < 4.78 is 0. The summed E-state index contributed by atoms with van der Waals surface area (Å²) in [4.78, 5) is 3.56. The summed E-state index contributed by atoms with van der Waals surface area (Å²) in [5, 5.41) is 10.9. The van der Waals surface area contributed by atoms with Crippen LogP contribution in [-0.4, -0.2) is 42.4 Å². The molecule has 0 amide bonds. The molecule has 0 aromatic heterocycles. The molecule has 0 atom stereocenters. The summed E-state index contributed by atoms with van der Waals surface area (Å²) in [6, 6.07) is 0. The van der Waals surface area contributed by atoms with Gasteiger partial charge in [0, 0.05) is 6.54 Å². The highest BCUT2D eigenvalue weighted by molar-refractivity contribution is 6.04. The lowest BCUT2D eigenvalue weighted by Crippen LogP contribution is -2.70. The van der Waals surface area contributed by atoms with Crippen molar-refractivity contribution in [2.75, 3.05) is 26.2 Å². The molecule has 4 nitrogen and oxygen atoms in total.